The lowest BCUT2D eigenvalue weighted by molar-refractivity contribution is -0.134. The molecule has 7 heteroatoms. The van der Waals surface area contributed by atoms with E-state index in [2.05, 4.69) is 32.4 Å². The van der Waals surface area contributed by atoms with E-state index in [0.717, 1.165) is 28.9 Å². The van der Waals surface area contributed by atoms with Crippen LogP contribution in [-0.2, 0) is 20.9 Å². The summed E-state index contributed by atoms with van der Waals surface area (Å²) < 4.78 is 4.65. The number of ether oxygens (including phenoxy) is 1. The minimum Gasteiger partial charge on any atom is -0.466 e. The number of fused-ring (bicyclic) bond motifs is 1. The van der Waals surface area contributed by atoms with Crippen molar-refractivity contribution >= 4 is 52.2 Å². The van der Waals surface area contributed by atoms with Gasteiger partial charge in [0.15, 0.2) is 0 Å². The maximum atomic E-state index is 13.1. The number of carbonyl (C=O) groups excluding carboxylic acids is 2. The standard InChI is InChI=1S/C28H26ClN3O3/c1-32(2)17-19-6-12-22(13-7-19)30-27(20-9-4-18(5-10-20)8-15-25(33)35-3)26-23-14-11-21(29)16-24(23)31-28(26)34/h4-16,30H,17H2,1-3H3,(H,31,34)/b15-8?,27-26-. The highest BCUT2D eigenvalue weighted by molar-refractivity contribution is 6.38. The van der Waals surface area contributed by atoms with Crippen molar-refractivity contribution in [3.05, 3.63) is 100 Å². The molecule has 0 unspecified atom stereocenters. The first-order chi connectivity index (χ1) is 16.8. The number of halogens is 1. The Morgan fingerprint density at radius 3 is 2.43 bits per heavy atom. The van der Waals surface area contributed by atoms with Gasteiger partial charge in [0.25, 0.3) is 5.91 Å². The maximum Gasteiger partial charge on any atom is 0.330 e. The molecule has 1 aliphatic heterocycles. The van der Waals surface area contributed by atoms with Gasteiger partial charge in [-0.1, -0.05) is 54.1 Å². The quantitative estimate of drug-likeness (QED) is 0.339. The number of carbonyl (C=O) groups is 2. The summed E-state index contributed by atoms with van der Waals surface area (Å²) in [6, 6.07) is 21.1. The van der Waals surface area contributed by atoms with Crippen LogP contribution in [-0.4, -0.2) is 38.0 Å². The van der Waals surface area contributed by atoms with Crippen molar-refractivity contribution in [1.29, 1.82) is 0 Å². The molecule has 2 N–H and O–H groups in total. The molecule has 0 aromatic heterocycles. The third-order valence-electron chi connectivity index (χ3n) is 5.51. The molecule has 0 bridgehead atoms. The van der Waals surface area contributed by atoms with Gasteiger partial charge in [0.1, 0.15) is 0 Å². The molecule has 35 heavy (non-hydrogen) atoms. The number of rotatable bonds is 7. The maximum absolute atomic E-state index is 13.1. The van der Waals surface area contributed by atoms with Gasteiger partial charge in [-0.25, -0.2) is 4.79 Å². The van der Waals surface area contributed by atoms with Crippen LogP contribution in [0.25, 0.3) is 17.3 Å². The number of hydrogen-bond acceptors (Lipinski definition) is 5. The second-order valence-electron chi connectivity index (χ2n) is 8.43. The first-order valence-electron chi connectivity index (χ1n) is 11.1. The van der Waals surface area contributed by atoms with Crippen molar-refractivity contribution in [3.63, 3.8) is 0 Å². The average Bonchev–Trinajstić information content (AvgIpc) is 3.16. The van der Waals surface area contributed by atoms with Gasteiger partial charge in [-0.15, -0.1) is 0 Å². The minimum absolute atomic E-state index is 0.205. The van der Waals surface area contributed by atoms with Crippen LogP contribution in [0.2, 0.25) is 5.02 Å². The molecule has 0 fully saturated rings. The Hall–Kier alpha value is -3.87. The fourth-order valence-electron chi connectivity index (χ4n) is 3.87. The second-order valence-corrected chi connectivity index (χ2v) is 8.87. The highest BCUT2D eigenvalue weighted by atomic mass is 35.5. The lowest BCUT2D eigenvalue weighted by Crippen LogP contribution is -2.11. The Morgan fingerprint density at radius 2 is 1.77 bits per heavy atom. The van der Waals surface area contributed by atoms with Gasteiger partial charge in [0.05, 0.1) is 24.1 Å². The van der Waals surface area contributed by atoms with E-state index in [1.54, 1.807) is 18.2 Å². The summed E-state index contributed by atoms with van der Waals surface area (Å²) >= 11 is 6.15. The van der Waals surface area contributed by atoms with E-state index in [1.165, 1.54) is 18.7 Å². The lowest BCUT2D eigenvalue weighted by atomic mass is 9.99. The molecular weight excluding hydrogens is 462 g/mol. The van der Waals surface area contributed by atoms with Crippen LogP contribution < -0.4 is 10.6 Å². The average molecular weight is 488 g/mol. The summed E-state index contributed by atoms with van der Waals surface area (Å²) in [7, 11) is 5.40. The van der Waals surface area contributed by atoms with Gasteiger partial charge in [-0.3, -0.25) is 4.79 Å². The first-order valence-corrected chi connectivity index (χ1v) is 11.4. The van der Waals surface area contributed by atoms with Gasteiger partial charge in [-0.05, 0) is 61.1 Å². The van der Waals surface area contributed by atoms with E-state index in [4.69, 9.17) is 11.6 Å². The van der Waals surface area contributed by atoms with Crippen molar-refractivity contribution in [3.8, 4) is 0 Å². The largest absolute Gasteiger partial charge is 0.466 e. The van der Waals surface area contributed by atoms with Crippen molar-refractivity contribution < 1.29 is 14.3 Å². The molecule has 1 heterocycles. The molecule has 178 valence electrons. The van der Waals surface area contributed by atoms with Crippen LogP contribution in [0, 0.1) is 0 Å². The molecule has 0 aliphatic carbocycles. The normalized spacial score (nSPS) is 14.1. The number of methoxy groups -OCH3 is 1. The van der Waals surface area contributed by atoms with E-state index in [-0.39, 0.29) is 5.91 Å². The zero-order chi connectivity index (χ0) is 24.9. The number of anilines is 2. The molecule has 0 atom stereocenters. The predicted octanol–water partition coefficient (Wildman–Crippen LogP) is 5.52. The zero-order valence-corrected chi connectivity index (χ0v) is 20.5. The molecule has 0 saturated heterocycles. The molecule has 1 amide bonds. The number of benzene rings is 3. The van der Waals surface area contributed by atoms with Crippen LogP contribution in [0.15, 0.2) is 72.8 Å². The molecule has 0 saturated carbocycles. The number of hydrogen-bond donors (Lipinski definition) is 2. The van der Waals surface area contributed by atoms with E-state index in [9.17, 15) is 9.59 Å². The summed E-state index contributed by atoms with van der Waals surface area (Å²) in [4.78, 5) is 26.6. The molecule has 0 radical (unpaired) electrons. The molecule has 3 aromatic rings. The van der Waals surface area contributed by atoms with Gasteiger partial charge in [-0.2, -0.15) is 0 Å². The molecular formula is C28H26ClN3O3. The van der Waals surface area contributed by atoms with Crippen molar-refractivity contribution in [2.75, 3.05) is 31.8 Å². The Balaban J connectivity index is 1.75. The summed E-state index contributed by atoms with van der Waals surface area (Å²) in [6.45, 7) is 0.839. The van der Waals surface area contributed by atoms with E-state index >= 15 is 0 Å². The summed E-state index contributed by atoms with van der Waals surface area (Å²) in [6.07, 6.45) is 3.05. The second kappa shape index (κ2) is 10.6. The summed E-state index contributed by atoms with van der Waals surface area (Å²) in [5.74, 6) is -0.627. The molecule has 3 aromatic carbocycles. The van der Waals surface area contributed by atoms with Gasteiger partial charge in [0.2, 0.25) is 0 Å². The first kappa shape index (κ1) is 24.3. The molecule has 4 rings (SSSR count). The highest BCUT2D eigenvalue weighted by Gasteiger charge is 2.28. The monoisotopic (exact) mass is 487 g/mol. The van der Waals surface area contributed by atoms with E-state index in [1.807, 2.05) is 56.6 Å². The Kier molecular flexibility index (Phi) is 7.34. The van der Waals surface area contributed by atoms with Crippen LogP contribution in [0.3, 0.4) is 0 Å². The van der Waals surface area contributed by atoms with E-state index < -0.39 is 5.97 Å². The molecule has 0 spiro atoms. The van der Waals surface area contributed by atoms with Crippen molar-refractivity contribution in [2.24, 2.45) is 0 Å². The van der Waals surface area contributed by atoms with Gasteiger partial charge < -0.3 is 20.3 Å². The summed E-state index contributed by atoms with van der Waals surface area (Å²) in [5, 5.41) is 6.93. The van der Waals surface area contributed by atoms with Crippen LogP contribution in [0.1, 0.15) is 22.3 Å². The summed E-state index contributed by atoms with van der Waals surface area (Å²) in [5.41, 5.74) is 6.37. The topological polar surface area (TPSA) is 70.7 Å². The van der Waals surface area contributed by atoms with Crippen molar-refractivity contribution in [2.45, 2.75) is 6.54 Å². The van der Waals surface area contributed by atoms with Crippen LogP contribution in [0.5, 0.6) is 0 Å². The third kappa shape index (κ3) is 5.80. The molecule has 1 aliphatic rings. The van der Waals surface area contributed by atoms with E-state index in [0.29, 0.717) is 22.0 Å². The number of esters is 1. The highest BCUT2D eigenvalue weighted by Crippen LogP contribution is 2.38. The van der Waals surface area contributed by atoms with Crippen LogP contribution in [0.4, 0.5) is 11.4 Å². The zero-order valence-electron chi connectivity index (χ0n) is 19.8. The fraction of sp³-hybridized carbons (Fsp3) is 0.143. The minimum atomic E-state index is -0.422. The van der Waals surface area contributed by atoms with Gasteiger partial charge in [0, 0.05) is 28.9 Å². The Morgan fingerprint density at radius 1 is 1.06 bits per heavy atom. The number of amides is 1. The smallest absolute Gasteiger partial charge is 0.330 e. The van der Waals surface area contributed by atoms with Crippen LogP contribution >= 0.6 is 11.6 Å². The number of nitrogens with one attached hydrogen (secondary N) is 2. The Bertz CT molecular complexity index is 1310. The molecule has 6 nitrogen and oxygen atoms in total. The SMILES string of the molecule is COC(=O)C=Cc1ccc(/C(Nc2ccc(CN(C)C)cc2)=C2/C(=O)Nc3cc(Cl)ccc32)cc1. The van der Waals surface area contributed by atoms with Gasteiger partial charge >= 0.3 is 5.97 Å². The number of nitrogens with zero attached hydrogens (tertiary/aromatic N) is 1. The Labute approximate surface area is 209 Å². The van der Waals surface area contributed by atoms with Crippen molar-refractivity contribution in [1.82, 2.24) is 4.90 Å². The lowest BCUT2D eigenvalue weighted by Gasteiger charge is -2.16. The predicted molar refractivity (Wildman–Crippen MR) is 142 cm³/mol. The third-order valence-corrected chi connectivity index (χ3v) is 5.75. The fourth-order valence-corrected chi connectivity index (χ4v) is 4.04.